The van der Waals surface area contributed by atoms with Crippen molar-refractivity contribution in [3.05, 3.63) is 35.1 Å². The number of nitrogen functional groups attached to an aromatic ring is 1. The second-order valence-electron chi connectivity index (χ2n) is 4.67. The van der Waals surface area contributed by atoms with E-state index in [4.69, 9.17) is 5.73 Å². The van der Waals surface area contributed by atoms with Crippen molar-refractivity contribution >= 4 is 38.8 Å². The Labute approximate surface area is 125 Å². The van der Waals surface area contributed by atoms with E-state index in [-0.39, 0.29) is 5.91 Å². The summed E-state index contributed by atoms with van der Waals surface area (Å²) in [7, 11) is 1.83. The molecule has 0 aromatic carbocycles. The first-order valence-corrected chi connectivity index (χ1v) is 7.38. The average molecular weight is 301 g/mol. The number of hydrogen-bond acceptors (Lipinski definition) is 5. The molecule has 6 nitrogen and oxygen atoms in total. The fraction of sp³-hybridized carbons (Fsp3) is 0.214. The number of nitrogens with two attached hydrogens (primary N) is 1. The predicted molar refractivity (Wildman–Crippen MR) is 84.6 cm³/mol. The highest BCUT2D eigenvalue weighted by Crippen LogP contribution is 2.32. The van der Waals surface area contributed by atoms with Gasteiger partial charge in [0.25, 0.3) is 5.91 Å². The van der Waals surface area contributed by atoms with Crippen LogP contribution in [-0.2, 0) is 13.5 Å². The number of thiophene rings is 1. The molecule has 1 amide bonds. The summed E-state index contributed by atoms with van der Waals surface area (Å²) in [5, 5.41) is 8.00. The summed E-state index contributed by atoms with van der Waals surface area (Å²) in [6, 6.07) is 3.68. The van der Waals surface area contributed by atoms with Gasteiger partial charge in [0.15, 0.2) is 0 Å². The molecule has 0 fully saturated rings. The lowest BCUT2D eigenvalue weighted by atomic mass is 10.2. The summed E-state index contributed by atoms with van der Waals surface area (Å²) in [5.41, 5.74) is 8.10. The molecule has 0 aliphatic rings. The number of hydrogen-bond donors (Lipinski definition) is 2. The first-order valence-electron chi connectivity index (χ1n) is 6.57. The minimum atomic E-state index is -0.224. The minimum Gasteiger partial charge on any atom is -0.397 e. The van der Waals surface area contributed by atoms with Crippen molar-refractivity contribution in [1.82, 2.24) is 14.8 Å². The lowest BCUT2D eigenvalue weighted by Crippen LogP contribution is -2.12. The smallest absolute Gasteiger partial charge is 0.268 e. The minimum absolute atomic E-state index is 0.224. The largest absolute Gasteiger partial charge is 0.397 e. The molecule has 3 aromatic heterocycles. The Morgan fingerprint density at radius 2 is 2.33 bits per heavy atom. The number of fused-ring (bicyclic) bond motifs is 1. The number of anilines is 2. The topological polar surface area (TPSA) is 85.8 Å². The number of nitrogens with zero attached hydrogens (tertiary/aromatic N) is 3. The zero-order valence-corrected chi connectivity index (χ0v) is 12.6. The van der Waals surface area contributed by atoms with E-state index in [0.717, 1.165) is 28.0 Å². The van der Waals surface area contributed by atoms with Crippen molar-refractivity contribution in [3.63, 3.8) is 0 Å². The van der Waals surface area contributed by atoms with Gasteiger partial charge in [-0.05, 0) is 18.6 Å². The summed E-state index contributed by atoms with van der Waals surface area (Å²) < 4.78 is 1.68. The normalized spacial score (nSPS) is 11.0. The molecular formula is C14H15N5OS. The predicted octanol–water partition coefficient (Wildman–Crippen LogP) is 2.43. The Hall–Kier alpha value is -2.41. The van der Waals surface area contributed by atoms with Crippen molar-refractivity contribution in [3.8, 4) is 0 Å². The van der Waals surface area contributed by atoms with Crippen LogP contribution in [0.5, 0.6) is 0 Å². The lowest BCUT2D eigenvalue weighted by Gasteiger charge is -2.03. The first kappa shape index (κ1) is 13.6. The fourth-order valence-electron chi connectivity index (χ4n) is 2.20. The fourth-order valence-corrected chi connectivity index (χ4v) is 3.16. The van der Waals surface area contributed by atoms with Crippen molar-refractivity contribution in [2.24, 2.45) is 7.05 Å². The Bertz CT molecular complexity index is 820. The van der Waals surface area contributed by atoms with E-state index in [1.807, 2.05) is 26.1 Å². The highest BCUT2D eigenvalue weighted by Gasteiger charge is 2.18. The Balaban J connectivity index is 1.95. The summed E-state index contributed by atoms with van der Waals surface area (Å²) >= 11 is 1.30. The molecule has 0 saturated carbocycles. The van der Waals surface area contributed by atoms with Crippen LogP contribution in [0.1, 0.15) is 22.3 Å². The molecule has 0 aliphatic carbocycles. The molecule has 3 rings (SSSR count). The molecule has 0 spiro atoms. The molecule has 0 bridgehead atoms. The van der Waals surface area contributed by atoms with Crippen molar-refractivity contribution in [1.29, 1.82) is 0 Å². The SMILES string of the molecule is CCc1nn(C)cc1NC(=O)c1sc2ncccc2c1N. The molecule has 3 heterocycles. The van der Waals surface area contributed by atoms with Crippen LogP contribution in [-0.4, -0.2) is 20.7 Å². The molecule has 0 atom stereocenters. The van der Waals surface area contributed by atoms with Gasteiger partial charge < -0.3 is 11.1 Å². The third kappa shape index (κ3) is 2.36. The number of aryl methyl sites for hydroxylation is 2. The maximum atomic E-state index is 12.4. The van der Waals surface area contributed by atoms with E-state index in [2.05, 4.69) is 15.4 Å². The van der Waals surface area contributed by atoms with Gasteiger partial charge in [0.1, 0.15) is 9.71 Å². The van der Waals surface area contributed by atoms with Crippen LogP contribution < -0.4 is 11.1 Å². The highest BCUT2D eigenvalue weighted by molar-refractivity contribution is 7.21. The Kier molecular flexibility index (Phi) is 3.34. The van der Waals surface area contributed by atoms with E-state index in [1.165, 1.54) is 11.3 Å². The number of carbonyl (C=O) groups is 1. The van der Waals surface area contributed by atoms with Crippen molar-refractivity contribution < 1.29 is 4.79 Å². The van der Waals surface area contributed by atoms with Gasteiger partial charge in [0, 0.05) is 24.8 Å². The Morgan fingerprint density at radius 3 is 3.05 bits per heavy atom. The van der Waals surface area contributed by atoms with E-state index >= 15 is 0 Å². The first-order chi connectivity index (χ1) is 10.1. The van der Waals surface area contributed by atoms with E-state index < -0.39 is 0 Å². The summed E-state index contributed by atoms with van der Waals surface area (Å²) in [5.74, 6) is -0.224. The maximum absolute atomic E-state index is 12.4. The number of rotatable bonds is 3. The van der Waals surface area contributed by atoms with Gasteiger partial charge in [0.05, 0.1) is 17.1 Å². The van der Waals surface area contributed by atoms with Crippen LogP contribution in [0.15, 0.2) is 24.5 Å². The van der Waals surface area contributed by atoms with Crippen molar-refractivity contribution in [2.45, 2.75) is 13.3 Å². The molecule has 0 saturated heterocycles. The molecular weight excluding hydrogens is 286 g/mol. The lowest BCUT2D eigenvalue weighted by molar-refractivity contribution is 0.103. The highest BCUT2D eigenvalue weighted by atomic mass is 32.1. The van der Waals surface area contributed by atoms with Gasteiger partial charge in [-0.2, -0.15) is 5.10 Å². The standard InChI is InChI=1S/C14H15N5OS/c1-3-9-10(7-19(2)18-9)17-13(20)12-11(15)8-5-4-6-16-14(8)21-12/h4-7H,3,15H2,1-2H3,(H,17,20). The number of nitrogens with one attached hydrogen (secondary N) is 1. The van der Waals surface area contributed by atoms with Gasteiger partial charge in [-0.15, -0.1) is 11.3 Å². The van der Waals surface area contributed by atoms with E-state index in [1.54, 1.807) is 17.1 Å². The van der Waals surface area contributed by atoms with Gasteiger partial charge in [-0.1, -0.05) is 6.92 Å². The third-order valence-electron chi connectivity index (χ3n) is 3.20. The van der Waals surface area contributed by atoms with Crippen LogP contribution in [0.25, 0.3) is 10.2 Å². The van der Waals surface area contributed by atoms with E-state index in [9.17, 15) is 4.79 Å². The van der Waals surface area contributed by atoms with Crippen LogP contribution in [0.2, 0.25) is 0 Å². The van der Waals surface area contributed by atoms with E-state index in [0.29, 0.717) is 10.6 Å². The molecule has 0 aliphatic heterocycles. The maximum Gasteiger partial charge on any atom is 0.268 e. The van der Waals surface area contributed by atoms with Crippen LogP contribution in [0, 0.1) is 0 Å². The summed E-state index contributed by atoms with van der Waals surface area (Å²) in [4.78, 5) is 17.9. The number of carbonyl (C=O) groups excluding carboxylic acids is 1. The molecule has 3 N–H and O–H groups in total. The van der Waals surface area contributed by atoms with Crippen LogP contribution >= 0.6 is 11.3 Å². The molecule has 108 valence electrons. The molecule has 21 heavy (non-hydrogen) atoms. The number of aromatic nitrogens is 3. The Morgan fingerprint density at radius 1 is 1.52 bits per heavy atom. The van der Waals surface area contributed by atoms with Crippen LogP contribution in [0.4, 0.5) is 11.4 Å². The quantitative estimate of drug-likeness (QED) is 0.778. The van der Waals surface area contributed by atoms with Crippen molar-refractivity contribution in [2.75, 3.05) is 11.1 Å². The molecule has 0 unspecified atom stereocenters. The zero-order chi connectivity index (χ0) is 15.0. The molecule has 3 aromatic rings. The number of amides is 1. The summed E-state index contributed by atoms with van der Waals surface area (Å²) in [6.45, 7) is 2.00. The monoisotopic (exact) mass is 301 g/mol. The second kappa shape index (κ2) is 5.17. The number of pyridine rings is 1. The second-order valence-corrected chi connectivity index (χ2v) is 5.67. The van der Waals surface area contributed by atoms with Gasteiger partial charge in [0.2, 0.25) is 0 Å². The molecule has 0 radical (unpaired) electrons. The van der Waals surface area contributed by atoms with Gasteiger partial charge in [-0.25, -0.2) is 4.98 Å². The summed E-state index contributed by atoms with van der Waals surface area (Å²) in [6.07, 6.45) is 4.23. The van der Waals surface area contributed by atoms with Gasteiger partial charge in [-0.3, -0.25) is 9.48 Å². The van der Waals surface area contributed by atoms with Crippen LogP contribution in [0.3, 0.4) is 0 Å². The third-order valence-corrected chi connectivity index (χ3v) is 4.33. The average Bonchev–Trinajstić information content (AvgIpc) is 3.00. The molecule has 7 heteroatoms. The van der Waals surface area contributed by atoms with Gasteiger partial charge >= 0.3 is 0 Å². The zero-order valence-electron chi connectivity index (χ0n) is 11.8.